The van der Waals surface area contributed by atoms with Crippen molar-refractivity contribution in [2.24, 2.45) is 0 Å². The largest absolute Gasteiger partial charge is 0.457 e. The van der Waals surface area contributed by atoms with Crippen molar-refractivity contribution in [1.82, 2.24) is 44.7 Å². The molecule has 2 aromatic heterocycles. The number of likely N-dealkylation sites (tertiary alicyclic amines) is 1. The molecule has 67 heavy (non-hydrogen) atoms. The van der Waals surface area contributed by atoms with Crippen molar-refractivity contribution in [3.63, 3.8) is 0 Å². The Hall–Kier alpha value is -6.39. The van der Waals surface area contributed by atoms with Crippen LogP contribution in [0.5, 0.6) is 11.5 Å². The summed E-state index contributed by atoms with van der Waals surface area (Å²) < 4.78 is 7.97. The Labute approximate surface area is 392 Å². The minimum absolute atomic E-state index is 0.0141. The second-order valence-corrected chi connectivity index (χ2v) is 18.4. The molecule has 0 saturated carbocycles. The van der Waals surface area contributed by atoms with Crippen molar-refractivity contribution >= 4 is 46.2 Å². The van der Waals surface area contributed by atoms with Gasteiger partial charge < -0.3 is 35.4 Å². The van der Waals surface area contributed by atoms with E-state index in [9.17, 15) is 19.2 Å². The summed E-state index contributed by atoms with van der Waals surface area (Å²) in [5, 5.41) is 11.7. The van der Waals surface area contributed by atoms with Gasteiger partial charge in [0.1, 0.15) is 35.4 Å². The first kappa shape index (κ1) is 45.8. The fraction of sp³-hybridized carbons (Fsp3) is 0.471. The second kappa shape index (κ2) is 21.5. The summed E-state index contributed by atoms with van der Waals surface area (Å²) in [4.78, 5) is 68.4. The number of ether oxygens (including phenoxy) is 1. The summed E-state index contributed by atoms with van der Waals surface area (Å²) in [5.41, 5.74) is 11.3. The van der Waals surface area contributed by atoms with Crippen molar-refractivity contribution in [2.45, 2.75) is 95.7 Å². The normalized spacial score (nSPS) is 19.2. The third-order valence-corrected chi connectivity index (χ3v) is 13.8. The molecule has 0 radical (unpaired) electrons. The number of amides is 4. The van der Waals surface area contributed by atoms with Crippen molar-refractivity contribution in [1.29, 1.82) is 0 Å². The predicted molar refractivity (Wildman–Crippen MR) is 257 cm³/mol. The van der Waals surface area contributed by atoms with Crippen LogP contribution >= 0.6 is 0 Å². The molecule has 0 aliphatic carbocycles. The van der Waals surface area contributed by atoms with Gasteiger partial charge in [0.25, 0.3) is 5.91 Å². The fourth-order valence-electron chi connectivity index (χ4n) is 10.1. The van der Waals surface area contributed by atoms with Gasteiger partial charge in [0.2, 0.25) is 17.7 Å². The number of aromatic nitrogens is 4. The quantitative estimate of drug-likeness (QED) is 0.0594. The molecule has 16 heteroatoms. The van der Waals surface area contributed by atoms with E-state index in [2.05, 4.69) is 30.4 Å². The maximum Gasteiger partial charge on any atom is 0.255 e. The first-order chi connectivity index (χ1) is 32.8. The number of nitrogens with one attached hydrogen (secondary N) is 2. The van der Waals surface area contributed by atoms with Crippen LogP contribution in [0.1, 0.15) is 99.0 Å². The Morgan fingerprint density at radius 2 is 1.52 bits per heavy atom. The van der Waals surface area contributed by atoms with Gasteiger partial charge in [-0.2, -0.15) is 5.10 Å². The zero-order valence-corrected chi connectivity index (χ0v) is 38.4. The molecule has 1 unspecified atom stereocenters. The number of para-hydroxylation sites is 1. The van der Waals surface area contributed by atoms with Crippen LogP contribution in [0.3, 0.4) is 0 Å². The van der Waals surface area contributed by atoms with E-state index < -0.39 is 6.04 Å². The molecule has 352 valence electrons. The number of imide groups is 1. The number of nitrogens with two attached hydrogens (primary N) is 1. The molecule has 4 N–H and O–H groups in total. The third-order valence-electron chi connectivity index (χ3n) is 13.8. The molecular weight excluding hydrogens is 847 g/mol. The van der Waals surface area contributed by atoms with Crippen molar-refractivity contribution in [3.8, 4) is 22.8 Å². The van der Waals surface area contributed by atoms with E-state index in [1.165, 1.54) is 32.0 Å². The van der Waals surface area contributed by atoms with Crippen molar-refractivity contribution < 1.29 is 23.9 Å². The number of unbranched alkanes of at least 4 members (excludes halogenated alkanes) is 5. The van der Waals surface area contributed by atoms with Gasteiger partial charge in [0.05, 0.1) is 11.4 Å². The summed E-state index contributed by atoms with van der Waals surface area (Å²) in [6.45, 7) is 8.89. The lowest BCUT2D eigenvalue weighted by molar-refractivity contribution is -0.137. The number of carbonyl (C=O) groups excluding carboxylic acids is 4. The lowest BCUT2D eigenvalue weighted by atomic mass is 10.0. The SMILES string of the molecule is Nc1ncnc2c1c(-c1ccc(Oc3ccccc3)cc1)nn2[C@@H]1CCCN(C(=O)CCCN2CCN(CCCCCCCCNc3cccc4c3CN(C3CCC(=O)NC3=O)C4=O)CC2)C1. The standard InChI is InChI=1S/C51H63N11O5/c52-48-46-47(36-19-21-39(22-20-36)67-38-14-6-5-7-15-38)57-62(49(46)55-35-54-48)37-13-11-28-60(33-37)45(64)18-12-27-59-31-29-58(30-32-59)26-9-4-2-1-3-8-25-53-42-17-10-16-40-41(42)34-61(51(40)66)43-23-24-44(63)56-50(43)65/h5-7,10,14-17,19-22,35,37,43,53H,1-4,8-9,11-13,18,23-34H2,(H2,52,54,55)(H,56,63,65)/t37-,43?/m1/s1. The number of nitrogen functional groups attached to an aromatic ring is 1. The summed E-state index contributed by atoms with van der Waals surface area (Å²) in [7, 11) is 0. The monoisotopic (exact) mass is 910 g/mol. The molecule has 4 aliphatic heterocycles. The molecule has 3 saturated heterocycles. The van der Waals surface area contributed by atoms with E-state index in [0.717, 1.165) is 124 Å². The number of hydrogen-bond donors (Lipinski definition) is 3. The molecule has 6 heterocycles. The van der Waals surface area contributed by atoms with Crippen LogP contribution in [0.25, 0.3) is 22.3 Å². The highest BCUT2D eigenvalue weighted by Crippen LogP contribution is 2.36. The molecular formula is C51H63N11O5. The first-order valence-electron chi connectivity index (χ1n) is 24.3. The summed E-state index contributed by atoms with van der Waals surface area (Å²) in [6, 6.07) is 22.6. The van der Waals surface area contributed by atoms with E-state index in [1.807, 2.05) is 82.4 Å². The minimum atomic E-state index is -0.602. The number of fused-ring (bicyclic) bond motifs is 2. The van der Waals surface area contributed by atoms with E-state index in [4.69, 9.17) is 15.6 Å². The van der Waals surface area contributed by atoms with Crippen LogP contribution in [0.4, 0.5) is 11.5 Å². The van der Waals surface area contributed by atoms with Crippen LogP contribution in [0.2, 0.25) is 0 Å². The summed E-state index contributed by atoms with van der Waals surface area (Å²) >= 11 is 0. The van der Waals surface area contributed by atoms with Gasteiger partial charge in [-0.05, 0) is 100 Å². The fourth-order valence-corrected chi connectivity index (χ4v) is 10.1. The van der Waals surface area contributed by atoms with E-state index >= 15 is 0 Å². The summed E-state index contributed by atoms with van der Waals surface area (Å²) in [6.07, 6.45) is 12.4. The maximum absolute atomic E-state index is 13.6. The zero-order valence-electron chi connectivity index (χ0n) is 38.4. The topological polar surface area (TPSA) is 184 Å². The highest BCUT2D eigenvalue weighted by atomic mass is 16.5. The summed E-state index contributed by atoms with van der Waals surface area (Å²) in [5.74, 6) is 1.28. The molecule has 3 fully saturated rings. The average molecular weight is 910 g/mol. The molecule has 4 aliphatic rings. The number of anilines is 2. The number of nitrogens with zero attached hydrogens (tertiary/aromatic N) is 8. The molecule has 3 aromatic carbocycles. The van der Waals surface area contributed by atoms with E-state index in [-0.39, 0.29) is 36.1 Å². The van der Waals surface area contributed by atoms with Gasteiger partial charge in [-0.25, -0.2) is 14.6 Å². The number of rotatable bonds is 19. The molecule has 0 bridgehead atoms. The van der Waals surface area contributed by atoms with Crippen LogP contribution < -0.4 is 21.1 Å². The van der Waals surface area contributed by atoms with Gasteiger partial charge in [-0.15, -0.1) is 0 Å². The molecule has 5 aromatic rings. The van der Waals surface area contributed by atoms with Crippen LogP contribution in [-0.4, -0.2) is 128 Å². The maximum atomic E-state index is 13.6. The smallest absolute Gasteiger partial charge is 0.255 e. The predicted octanol–water partition coefficient (Wildman–Crippen LogP) is 6.64. The highest BCUT2D eigenvalue weighted by Gasteiger charge is 2.40. The number of carbonyl (C=O) groups is 4. The average Bonchev–Trinajstić information content (AvgIpc) is 3.91. The van der Waals surface area contributed by atoms with Gasteiger partial charge in [0, 0.05) is 87.6 Å². The highest BCUT2D eigenvalue weighted by molar-refractivity contribution is 6.06. The lowest BCUT2D eigenvalue weighted by Gasteiger charge is -2.35. The Morgan fingerprint density at radius 1 is 0.791 bits per heavy atom. The number of benzene rings is 3. The van der Waals surface area contributed by atoms with E-state index in [1.54, 1.807) is 4.90 Å². The second-order valence-electron chi connectivity index (χ2n) is 18.4. The molecule has 9 rings (SSSR count). The molecule has 16 nitrogen and oxygen atoms in total. The number of hydrogen-bond acceptors (Lipinski definition) is 12. The van der Waals surface area contributed by atoms with Crippen LogP contribution in [0.15, 0.2) is 79.1 Å². The zero-order chi connectivity index (χ0) is 46.1. The Bertz CT molecular complexity index is 2520. The van der Waals surface area contributed by atoms with Gasteiger partial charge >= 0.3 is 0 Å². The minimum Gasteiger partial charge on any atom is -0.457 e. The van der Waals surface area contributed by atoms with Gasteiger partial charge in [0.15, 0.2) is 5.65 Å². The lowest BCUT2D eigenvalue weighted by Crippen LogP contribution is -2.52. The van der Waals surface area contributed by atoms with Crippen molar-refractivity contribution in [2.75, 3.05) is 70.0 Å². The van der Waals surface area contributed by atoms with Gasteiger partial charge in [-0.1, -0.05) is 49.9 Å². The Balaban J connectivity index is 0.645. The number of piperazine rings is 1. The van der Waals surface area contributed by atoms with Crippen molar-refractivity contribution in [3.05, 3.63) is 90.3 Å². The van der Waals surface area contributed by atoms with E-state index in [0.29, 0.717) is 43.0 Å². The third kappa shape index (κ3) is 10.9. The Morgan fingerprint density at radius 3 is 2.30 bits per heavy atom. The van der Waals surface area contributed by atoms with Crippen LogP contribution in [-0.2, 0) is 20.9 Å². The van der Waals surface area contributed by atoms with Gasteiger partial charge in [-0.3, -0.25) is 24.5 Å². The molecule has 0 spiro atoms. The molecule has 4 amide bonds. The first-order valence-corrected chi connectivity index (χ1v) is 24.3. The molecule has 2 atom stereocenters. The van der Waals surface area contributed by atoms with Crippen LogP contribution in [0, 0.1) is 0 Å². The number of piperidine rings is 2. The Kier molecular flexibility index (Phi) is 14.7.